The van der Waals surface area contributed by atoms with Gasteiger partial charge in [0.15, 0.2) is 0 Å². The predicted octanol–water partition coefficient (Wildman–Crippen LogP) is 0.396. The summed E-state index contributed by atoms with van der Waals surface area (Å²) in [6.07, 6.45) is 1.25. The van der Waals surface area contributed by atoms with Crippen LogP contribution in [0.4, 0.5) is 0 Å². The van der Waals surface area contributed by atoms with Crippen LogP contribution in [0.3, 0.4) is 0 Å². The van der Waals surface area contributed by atoms with Gasteiger partial charge in [0.25, 0.3) is 0 Å². The van der Waals surface area contributed by atoms with Crippen molar-refractivity contribution in [3.8, 4) is 0 Å². The molecule has 1 atom stereocenters. The standard InChI is InChI=1S/C12H25N3O/c1-4-15(5-2)12(16)9-13-8-11-6-7-14(3)10-11/h11,13H,4-10H2,1-3H3. The van der Waals surface area contributed by atoms with Crippen molar-refractivity contribution in [2.45, 2.75) is 20.3 Å². The van der Waals surface area contributed by atoms with Gasteiger partial charge in [-0.15, -0.1) is 0 Å². The average molecular weight is 227 g/mol. The Kier molecular flexibility index (Phi) is 5.77. The molecule has 16 heavy (non-hydrogen) atoms. The number of rotatable bonds is 6. The van der Waals surface area contributed by atoms with Crippen LogP contribution in [0.5, 0.6) is 0 Å². The normalized spacial score (nSPS) is 21.3. The number of likely N-dealkylation sites (tertiary alicyclic amines) is 1. The number of likely N-dealkylation sites (N-methyl/N-ethyl adjacent to an activating group) is 1. The van der Waals surface area contributed by atoms with E-state index in [1.54, 1.807) is 0 Å². The van der Waals surface area contributed by atoms with Crippen LogP contribution in [0, 0.1) is 5.92 Å². The maximum Gasteiger partial charge on any atom is 0.236 e. The van der Waals surface area contributed by atoms with Crippen molar-refractivity contribution >= 4 is 5.91 Å². The molecule has 1 rings (SSSR count). The highest BCUT2D eigenvalue weighted by atomic mass is 16.2. The predicted molar refractivity (Wildman–Crippen MR) is 66.4 cm³/mol. The molecule has 0 aromatic heterocycles. The molecule has 4 nitrogen and oxygen atoms in total. The molecule has 0 bridgehead atoms. The van der Waals surface area contributed by atoms with Crippen LogP contribution in [0.1, 0.15) is 20.3 Å². The third-order valence-electron chi connectivity index (χ3n) is 3.31. The van der Waals surface area contributed by atoms with Gasteiger partial charge >= 0.3 is 0 Å². The minimum Gasteiger partial charge on any atom is -0.342 e. The minimum absolute atomic E-state index is 0.219. The lowest BCUT2D eigenvalue weighted by Gasteiger charge is -2.19. The second kappa shape index (κ2) is 6.86. The summed E-state index contributed by atoms with van der Waals surface area (Å²) in [6, 6.07) is 0. The summed E-state index contributed by atoms with van der Waals surface area (Å²) < 4.78 is 0. The number of nitrogens with zero attached hydrogens (tertiary/aromatic N) is 2. The summed E-state index contributed by atoms with van der Waals surface area (Å²) in [7, 11) is 2.15. The molecule has 4 heteroatoms. The van der Waals surface area contributed by atoms with Crippen molar-refractivity contribution in [2.24, 2.45) is 5.92 Å². The Morgan fingerprint density at radius 1 is 1.44 bits per heavy atom. The van der Waals surface area contributed by atoms with E-state index in [2.05, 4.69) is 17.3 Å². The van der Waals surface area contributed by atoms with Gasteiger partial charge in [0.2, 0.25) is 5.91 Å². The topological polar surface area (TPSA) is 35.6 Å². The van der Waals surface area contributed by atoms with E-state index < -0.39 is 0 Å². The van der Waals surface area contributed by atoms with E-state index in [9.17, 15) is 4.79 Å². The number of hydrogen-bond donors (Lipinski definition) is 1. The van der Waals surface area contributed by atoms with E-state index in [0.717, 1.165) is 32.1 Å². The molecule has 1 aliphatic rings. The molecule has 1 unspecified atom stereocenters. The van der Waals surface area contributed by atoms with Crippen LogP contribution >= 0.6 is 0 Å². The van der Waals surface area contributed by atoms with Crippen molar-refractivity contribution in [3.05, 3.63) is 0 Å². The molecular formula is C12H25N3O. The van der Waals surface area contributed by atoms with E-state index in [1.165, 1.54) is 13.0 Å². The number of hydrogen-bond acceptors (Lipinski definition) is 3. The van der Waals surface area contributed by atoms with E-state index in [4.69, 9.17) is 0 Å². The fourth-order valence-electron chi connectivity index (χ4n) is 2.26. The second-order valence-corrected chi connectivity index (χ2v) is 4.61. The molecule has 1 saturated heterocycles. The third kappa shape index (κ3) is 4.10. The molecule has 0 aromatic rings. The Hall–Kier alpha value is -0.610. The van der Waals surface area contributed by atoms with Gasteiger partial charge in [0.1, 0.15) is 0 Å². The molecule has 1 fully saturated rings. The Morgan fingerprint density at radius 2 is 2.12 bits per heavy atom. The molecule has 1 N–H and O–H groups in total. The van der Waals surface area contributed by atoms with Gasteiger partial charge in [-0.25, -0.2) is 0 Å². The molecule has 0 aliphatic carbocycles. The molecule has 94 valence electrons. The molecular weight excluding hydrogens is 202 g/mol. The molecule has 0 saturated carbocycles. The average Bonchev–Trinajstić information content (AvgIpc) is 2.66. The summed E-state index contributed by atoms with van der Waals surface area (Å²) in [5, 5.41) is 3.28. The largest absolute Gasteiger partial charge is 0.342 e. The first-order chi connectivity index (χ1) is 7.67. The first-order valence-corrected chi connectivity index (χ1v) is 6.34. The van der Waals surface area contributed by atoms with Crippen LogP contribution in [0.2, 0.25) is 0 Å². The van der Waals surface area contributed by atoms with Gasteiger partial charge < -0.3 is 15.1 Å². The zero-order valence-electron chi connectivity index (χ0n) is 10.8. The minimum atomic E-state index is 0.219. The molecule has 0 spiro atoms. The Labute approximate surface area is 99.0 Å². The van der Waals surface area contributed by atoms with Crippen LogP contribution in [-0.4, -0.2) is 62.0 Å². The van der Waals surface area contributed by atoms with Gasteiger partial charge in [0.05, 0.1) is 6.54 Å². The smallest absolute Gasteiger partial charge is 0.236 e. The lowest BCUT2D eigenvalue weighted by Crippen LogP contribution is -2.39. The highest BCUT2D eigenvalue weighted by Gasteiger charge is 2.19. The van der Waals surface area contributed by atoms with Gasteiger partial charge in [0, 0.05) is 19.6 Å². The quantitative estimate of drug-likeness (QED) is 0.713. The summed E-state index contributed by atoms with van der Waals surface area (Å²) in [5.41, 5.74) is 0. The number of carbonyl (C=O) groups is 1. The van der Waals surface area contributed by atoms with E-state index in [0.29, 0.717) is 6.54 Å². The van der Waals surface area contributed by atoms with E-state index >= 15 is 0 Å². The van der Waals surface area contributed by atoms with Crippen molar-refractivity contribution in [1.82, 2.24) is 15.1 Å². The van der Waals surface area contributed by atoms with Crippen molar-refractivity contribution in [2.75, 3.05) is 46.3 Å². The Morgan fingerprint density at radius 3 is 2.62 bits per heavy atom. The summed E-state index contributed by atoms with van der Waals surface area (Å²) in [5.74, 6) is 0.936. The molecule has 1 aliphatic heterocycles. The zero-order valence-corrected chi connectivity index (χ0v) is 10.8. The maximum absolute atomic E-state index is 11.7. The van der Waals surface area contributed by atoms with Gasteiger partial charge in [-0.3, -0.25) is 4.79 Å². The van der Waals surface area contributed by atoms with E-state index in [-0.39, 0.29) is 5.91 Å². The Balaban J connectivity index is 2.12. The van der Waals surface area contributed by atoms with Crippen LogP contribution in [0.15, 0.2) is 0 Å². The van der Waals surface area contributed by atoms with Crippen LogP contribution in [-0.2, 0) is 4.79 Å². The Bertz CT molecular complexity index is 216. The van der Waals surface area contributed by atoms with Crippen molar-refractivity contribution < 1.29 is 4.79 Å². The first kappa shape index (κ1) is 13.5. The molecule has 0 aromatic carbocycles. The fourth-order valence-corrected chi connectivity index (χ4v) is 2.26. The molecule has 1 heterocycles. The van der Waals surface area contributed by atoms with E-state index in [1.807, 2.05) is 18.7 Å². The third-order valence-corrected chi connectivity index (χ3v) is 3.31. The zero-order chi connectivity index (χ0) is 12.0. The van der Waals surface area contributed by atoms with Crippen LogP contribution in [0.25, 0.3) is 0 Å². The summed E-state index contributed by atoms with van der Waals surface area (Å²) in [4.78, 5) is 15.9. The van der Waals surface area contributed by atoms with Gasteiger partial charge in [-0.2, -0.15) is 0 Å². The number of amides is 1. The van der Waals surface area contributed by atoms with Gasteiger partial charge in [-0.1, -0.05) is 0 Å². The first-order valence-electron chi connectivity index (χ1n) is 6.34. The SMILES string of the molecule is CCN(CC)C(=O)CNCC1CCN(C)C1. The fraction of sp³-hybridized carbons (Fsp3) is 0.917. The molecule has 1 amide bonds. The van der Waals surface area contributed by atoms with Crippen molar-refractivity contribution in [1.29, 1.82) is 0 Å². The number of nitrogens with one attached hydrogen (secondary N) is 1. The van der Waals surface area contributed by atoms with Crippen LogP contribution < -0.4 is 5.32 Å². The highest BCUT2D eigenvalue weighted by molar-refractivity contribution is 5.78. The lowest BCUT2D eigenvalue weighted by atomic mass is 10.1. The monoisotopic (exact) mass is 227 g/mol. The highest BCUT2D eigenvalue weighted by Crippen LogP contribution is 2.12. The second-order valence-electron chi connectivity index (χ2n) is 4.61. The maximum atomic E-state index is 11.7. The summed E-state index contributed by atoms with van der Waals surface area (Å²) >= 11 is 0. The van der Waals surface area contributed by atoms with Crippen molar-refractivity contribution in [3.63, 3.8) is 0 Å². The number of carbonyl (C=O) groups excluding carboxylic acids is 1. The summed E-state index contributed by atoms with van der Waals surface area (Å²) in [6.45, 7) is 9.47. The lowest BCUT2D eigenvalue weighted by molar-refractivity contribution is -0.129. The van der Waals surface area contributed by atoms with Gasteiger partial charge in [-0.05, 0) is 46.3 Å². The molecule has 0 radical (unpaired) electrons.